The van der Waals surface area contributed by atoms with Crippen LogP contribution in [0.15, 0.2) is 71.1 Å². The molecule has 0 N–H and O–H groups in total. The van der Waals surface area contributed by atoms with Gasteiger partial charge in [0.15, 0.2) is 0 Å². The molecule has 3 heterocycles. The second-order valence-electron chi connectivity index (χ2n) is 6.73. The molecular formula is C22H20N2OS. The van der Waals surface area contributed by atoms with Gasteiger partial charge in [0.25, 0.3) is 0 Å². The Hall–Kier alpha value is -2.59. The molecule has 0 saturated carbocycles. The number of para-hydroxylation sites is 1. The molecule has 0 bridgehead atoms. The van der Waals surface area contributed by atoms with Crippen molar-refractivity contribution in [3.8, 4) is 5.75 Å². The summed E-state index contributed by atoms with van der Waals surface area (Å²) in [5.74, 6) is 0.973. The first-order chi connectivity index (χ1) is 12.8. The number of ether oxygens (including phenoxy) is 1. The first-order valence-electron chi connectivity index (χ1n) is 9.07. The van der Waals surface area contributed by atoms with E-state index in [1.54, 1.807) is 11.3 Å². The molecule has 4 heteroatoms. The Balaban J connectivity index is 1.58. The highest BCUT2D eigenvalue weighted by Gasteiger charge is 2.40. The van der Waals surface area contributed by atoms with Gasteiger partial charge in [-0.3, -0.25) is 0 Å². The maximum absolute atomic E-state index is 6.39. The number of fused-ring (bicyclic) bond motifs is 3. The van der Waals surface area contributed by atoms with Gasteiger partial charge < -0.3 is 4.74 Å². The monoisotopic (exact) mass is 360 g/mol. The zero-order chi connectivity index (χ0) is 17.5. The summed E-state index contributed by atoms with van der Waals surface area (Å²) < 4.78 is 6.39. The van der Waals surface area contributed by atoms with E-state index in [-0.39, 0.29) is 12.3 Å². The smallest absolute Gasteiger partial charge is 0.213 e. The molecule has 3 aromatic rings. The Kier molecular flexibility index (Phi) is 3.79. The molecule has 0 radical (unpaired) electrons. The predicted octanol–water partition coefficient (Wildman–Crippen LogP) is 5.55. The van der Waals surface area contributed by atoms with Gasteiger partial charge in [-0.05, 0) is 29.5 Å². The molecule has 0 saturated heterocycles. The van der Waals surface area contributed by atoms with Crippen LogP contribution in [0.4, 0.5) is 0 Å². The van der Waals surface area contributed by atoms with E-state index in [1.165, 1.54) is 16.0 Å². The minimum absolute atomic E-state index is 0.182. The second kappa shape index (κ2) is 6.29. The minimum atomic E-state index is -0.182. The van der Waals surface area contributed by atoms with Crippen molar-refractivity contribution in [1.82, 2.24) is 5.01 Å². The van der Waals surface area contributed by atoms with Crippen molar-refractivity contribution in [1.29, 1.82) is 0 Å². The van der Waals surface area contributed by atoms with E-state index in [4.69, 9.17) is 9.84 Å². The third-order valence-electron chi connectivity index (χ3n) is 5.18. The molecule has 3 nitrogen and oxygen atoms in total. The Morgan fingerprint density at radius 1 is 1.08 bits per heavy atom. The standard InChI is InChI=1S/C22H20N2OS/c1-2-15-9-11-16(12-10-15)22-24-19(17-6-3-4-7-20(17)25-22)14-18(23-24)21-8-5-13-26-21/h3-13,19,22H,2,14H2,1H3/t19-,22+/m0/s1. The van der Waals surface area contributed by atoms with E-state index in [1.807, 2.05) is 6.07 Å². The highest BCUT2D eigenvalue weighted by atomic mass is 32.1. The molecule has 2 atom stereocenters. The molecule has 5 rings (SSSR count). The third-order valence-corrected chi connectivity index (χ3v) is 6.10. The van der Waals surface area contributed by atoms with E-state index < -0.39 is 0 Å². The fourth-order valence-corrected chi connectivity index (χ4v) is 4.48. The molecule has 0 aliphatic carbocycles. The Morgan fingerprint density at radius 3 is 2.69 bits per heavy atom. The van der Waals surface area contributed by atoms with E-state index in [2.05, 4.69) is 71.9 Å². The number of rotatable bonds is 3. The molecular weight excluding hydrogens is 340 g/mol. The van der Waals surface area contributed by atoms with Gasteiger partial charge in [-0.1, -0.05) is 55.5 Å². The van der Waals surface area contributed by atoms with Gasteiger partial charge in [-0.2, -0.15) is 5.10 Å². The van der Waals surface area contributed by atoms with Crippen LogP contribution >= 0.6 is 11.3 Å². The van der Waals surface area contributed by atoms with Gasteiger partial charge in [0.1, 0.15) is 5.75 Å². The number of hydrogen-bond donors (Lipinski definition) is 0. The summed E-state index contributed by atoms with van der Waals surface area (Å²) in [6, 6.07) is 21.6. The van der Waals surface area contributed by atoms with Gasteiger partial charge in [0, 0.05) is 17.5 Å². The highest BCUT2D eigenvalue weighted by molar-refractivity contribution is 7.12. The van der Waals surface area contributed by atoms with Gasteiger partial charge in [-0.25, -0.2) is 5.01 Å². The highest BCUT2D eigenvalue weighted by Crippen LogP contribution is 2.47. The number of aryl methyl sites for hydroxylation is 1. The van der Waals surface area contributed by atoms with E-state index in [9.17, 15) is 0 Å². The molecule has 0 fully saturated rings. The predicted molar refractivity (Wildman–Crippen MR) is 106 cm³/mol. The van der Waals surface area contributed by atoms with Gasteiger partial charge in [0.05, 0.1) is 16.6 Å². The van der Waals surface area contributed by atoms with Gasteiger partial charge in [0.2, 0.25) is 6.23 Å². The quantitative estimate of drug-likeness (QED) is 0.611. The summed E-state index contributed by atoms with van der Waals surface area (Å²) in [4.78, 5) is 1.25. The average Bonchev–Trinajstić information content (AvgIpc) is 3.37. The zero-order valence-electron chi connectivity index (χ0n) is 14.6. The van der Waals surface area contributed by atoms with Crippen LogP contribution in [-0.2, 0) is 6.42 Å². The third kappa shape index (κ3) is 2.53. The summed E-state index contributed by atoms with van der Waals surface area (Å²) in [6.07, 6.45) is 1.78. The van der Waals surface area contributed by atoms with Crippen molar-refractivity contribution >= 4 is 17.0 Å². The molecule has 0 spiro atoms. The molecule has 26 heavy (non-hydrogen) atoms. The Bertz CT molecular complexity index is 947. The van der Waals surface area contributed by atoms with Crippen molar-refractivity contribution in [3.05, 3.63) is 87.6 Å². The summed E-state index contributed by atoms with van der Waals surface area (Å²) >= 11 is 1.75. The Morgan fingerprint density at radius 2 is 1.92 bits per heavy atom. The number of hydrazone groups is 1. The lowest BCUT2D eigenvalue weighted by atomic mass is 9.97. The molecule has 2 aliphatic heterocycles. The first kappa shape index (κ1) is 15.6. The molecule has 1 aromatic heterocycles. The largest absolute Gasteiger partial charge is 0.464 e. The molecule has 2 aliphatic rings. The van der Waals surface area contributed by atoms with Crippen molar-refractivity contribution in [2.24, 2.45) is 5.10 Å². The summed E-state index contributed by atoms with van der Waals surface area (Å²) in [7, 11) is 0. The van der Waals surface area contributed by atoms with Crippen LogP contribution in [0.25, 0.3) is 0 Å². The van der Waals surface area contributed by atoms with Crippen molar-refractivity contribution in [3.63, 3.8) is 0 Å². The van der Waals surface area contributed by atoms with Gasteiger partial charge in [-0.15, -0.1) is 11.3 Å². The topological polar surface area (TPSA) is 24.8 Å². The summed E-state index contributed by atoms with van der Waals surface area (Å²) in [5, 5.41) is 9.25. The van der Waals surface area contributed by atoms with Crippen LogP contribution in [0, 0.1) is 0 Å². The maximum Gasteiger partial charge on any atom is 0.213 e. The van der Waals surface area contributed by atoms with Crippen molar-refractivity contribution in [2.75, 3.05) is 0 Å². The number of nitrogens with zero attached hydrogens (tertiary/aromatic N) is 2. The lowest BCUT2D eigenvalue weighted by molar-refractivity contribution is -0.0190. The SMILES string of the molecule is CCc1ccc([C@H]2Oc3ccccc3[C@@H]3CC(c4cccs4)=NN23)cc1. The van der Waals surface area contributed by atoms with E-state index in [0.717, 1.165) is 29.9 Å². The molecule has 2 aromatic carbocycles. The molecule has 0 amide bonds. The first-order valence-corrected chi connectivity index (χ1v) is 9.95. The van der Waals surface area contributed by atoms with E-state index >= 15 is 0 Å². The van der Waals surface area contributed by atoms with Crippen LogP contribution in [0.3, 0.4) is 0 Å². The van der Waals surface area contributed by atoms with Gasteiger partial charge >= 0.3 is 0 Å². The lowest BCUT2D eigenvalue weighted by Crippen LogP contribution is -2.33. The molecule has 0 unspecified atom stereocenters. The summed E-state index contributed by atoms with van der Waals surface area (Å²) in [5.41, 5.74) is 4.87. The summed E-state index contributed by atoms with van der Waals surface area (Å²) in [6.45, 7) is 2.18. The lowest BCUT2D eigenvalue weighted by Gasteiger charge is -2.38. The van der Waals surface area contributed by atoms with Crippen molar-refractivity contribution in [2.45, 2.75) is 32.0 Å². The van der Waals surface area contributed by atoms with Crippen LogP contribution in [0.5, 0.6) is 5.75 Å². The average molecular weight is 360 g/mol. The number of thiophene rings is 1. The Labute approximate surface area is 157 Å². The minimum Gasteiger partial charge on any atom is -0.464 e. The number of benzene rings is 2. The van der Waals surface area contributed by atoms with E-state index in [0.29, 0.717) is 0 Å². The molecule has 130 valence electrons. The zero-order valence-corrected chi connectivity index (χ0v) is 15.4. The fourth-order valence-electron chi connectivity index (χ4n) is 3.76. The maximum atomic E-state index is 6.39. The fraction of sp³-hybridized carbons (Fsp3) is 0.227. The van der Waals surface area contributed by atoms with Crippen molar-refractivity contribution < 1.29 is 4.74 Å². The number of hydrogen-bond acceptors (Lipinski definition) is 4. The van der Waals surface area contributed by atoms with Crippen LogP contribution in [-0.4, -0.2) is 10.7 Å². The van der Waals surface area contributed by atoms with Crippen LogP contribution < -0.4 is 4.74 Å². The normalized spacial score (nSPS) is 21.0. The second-order valence-corrected chi connectivity index (χ2v) is 7.67. The van der Waals surface area contributed by atoms with Crippen LogP contribution in [0.2, 0.25) is 0 Å². The van der Waals surface area contributed by atoms with Crippen LogP contribution in [0.1, 0.15) is 47.2 Å².